The van der Waals surface area contributed by atoms with Crippen molar-refractivity contribution in [1.29, 1.82) is 0 Å². The fraction of sp³-hybridized carbons (Fsp3) is 0.100. The van der Waals surface area contributed by atoms with Gasteiger partial charge in [-0.3, -0.25) is 14.9 Å². The number of carbonyl (C=O) groups is 1. The maximum absolute atomic E-state index is 11.0. The van der Waals surface area contributed by atoms with Crippen LogP contribution in [-0.2, 0) is 0 Å². The summed E-state index contributed by atoms with van der Waals surface area (Å²) in [4.78, 5) is 20.8. The molecule has 0 aliphatic heterocycles. The van der Waals surface area contributed by atoms with E-state index in [2.05, 4.69) is 13.2 Å². The van der Waals surface area contributed by atoms with E-state index < -0.39 is 4.92 Å². The molecule has 0 spiro atoms. The summed E-state index contributed by atoms with van der Waals surface area (Å²) in [5.74, 6) is -0.480. The highest BCUT2D eigenvalue weighted by Crippen LogP contribution is 2.13. The van der Waals surface area contributed by atoms with Crippen LogP contribution in [0.5, 0.6) is 0 Å². The average Bonchev–Trinajstić information content (AvgIpc) is 2.30. The molecule has 0 saturated heterocycles. The summed E-state index contributed by atoms with van der Waals surface area (Å²) in [7, 11) is 0. The van der Waals surface area contributed by atoms with Gasteiger partial charge >= 0.3 is 0 Å². The summed E-state index contributed by atoms with van der Waals surface area (Å²) < 4.78 is 0. The van der Waals surface area contributed by atoms with Crippen molar-refractivity contribution in [3.8, 4) is 0 Å². The Balaban J connectivity index is 0.000000921. The Kier molecular flexibility index (Phi) is 5.97. The number of rotatable bonds is 3. The number of carbonyl (C=O) groups excluding carboxylic acids is 1. The first-order chi connectivity index (χ1) is 7.15. The quantitative estimate of drug-likeness (QED) is 0.262. The van der Waals surface area contributed by atoms with Crippen LogP contribution in [0.2, 0.25) is 0 Å². The van der Waals surface area contributed by atoms with Crippen LogP contribution >= 0.6 is 11.6 Å². The smallest absolute Gasteiger partial charge is 0.270 e. The van der Waals surface area contributed by atoms with E-state index in [1.54, 1.807) is 0 Å². The van der Waals surface area contributed by atoms with Crippen LogP contribution in [0.3, 0.4) is 0 Å². The second-order valence-electron chi connectivity index (χ2n) is 2.36. The van der Waals surface area contributed by atoms with Crippen LogP contribution < -0.4 is 0 Å². The lowest BCUT2D eigenvalue weighted by Crippen LogP contribution is -2.00. The maximum atomic E-state index is 11.0. The van der Waals surface area contributed by atoms with Gasteiger partial charge in [-0.15, -0.1) is 24.8 Å². The molecule has 0 unspecified atom stereocenters. The molecule has 0 bridgehead atoms. The van der Waals surface area contributed by atoms with Gasteiger partial charge in [-0.2, -0.15) is 0 Å². The van der Waals surface area contributed by atoms with Gasteiger partial charge in [0.05, 0.1) is 10.8 Å². The SMILES string of the molecule is C=C.O=C(CCl)c1cccc([N+](=O)[O-])c1. The van der Waals surface area contributed by atoms with E-state index in [0.717, 1.165) is 0 Å². The predicted octanol–water partition coefficient (Wildman–Crippen LogP) is 2.82. The van der Waals surface area contributed by atoms with Crippen LogP contribution in [0.25, 0.3) is 0 Å². The molecule has 1 rings (SSSR count). The molecular formula is C10H10ClNO3. The number of alkyl halides is 1. The number of ketones is 1. The van der Waals surface area contributed by atoms with Crippen molar-refractivity contribution in [3.63, 3.8) is 0 Å². The van der Waals surface area contributed by atoms with Crippen molar-refractivity contribution in [2.75, 3.05) is 5.88 Å². The number of Topliss-reactive ketones (excluding diaryl/α,β-unsaturated/α-hetero) is 1. The molecule has 1 aromatic rings. The number of nitro groups is 1. The van der Waals surface area contributed by atoms with E-state index in [9.17, 15) is 14.9 Å². The average molecular weight is 228 g/mol. The van der Waals surface area contributed by atoms with Crippen LogP contribution in [0.1, 0.15) is 10.4 Å². The normalized spacial score (nSPS) is 8.60. The number of halogens is 1. The first-order valence-corrected chi connectivity index (χ1v) is 4.52. The number of benzene rings is 1. The Labute approximate surface area is 92.3 Å². The second kappa shape index (κ2) is 6.73. The summed E-state index contributed by atoms with van der Waals surface area (Å²) in [6.45, 7) is 6.00. The molecule has 0 aliphatic carbocycles. The minimum absolute atomic E-state index is 0.101. The van der Waals surface area contributed by atoms with Gasteiger partial charge in [0.1, 0.15) is 0 Å². The van der Waals surface area contributed by atoms with Gasteiger partial charge in [-0.05, 0) is 0 Å². The molecule has 0 aromatic heterocycles. The number of nitrogens with zero attached hydrogens (tertiary/aromatic N) is 1. The van der Waals surface area contributed by atoms with Crippen LogP contribution in [-0.4, -0.2) is 16.6 Å². The Morgan fingerprint density at radius 1 is 1.47 bits per heavy atom. The number of hydrogen-bond acceptors (Lipinski definition) is 3. The molecular weight excluding hydrogens is 218 g/mol. The Morgan fingerprint density at radius 2 is 2.07 bits per heavy atom. The minimum Gasteiger partial charge on any atom is -0.293 e. The van der Waals surface area contributed by atoms with Crippen molar-refractivity contribution in [2.24, 2.45) is 0 Å². The number of non-ortho nitro benzene ring substituents is 1. The molecule has 0 amide bonds. The van der Waals surface area contributed by atoms with E-state index in [4.69, 9.17) is 11.6 Å². The molecule has 15 heavy (non-hydrogen) atoms. The van der Waals surface area contributed by atoms with Gasteiger partial charge in [0, 0.05) is 17.7 Å². The highest BCUT2D eigenvalue weighted by atomic mass is 35.5. The highest BCUT2D eigenvalue weighted by molar-refractivity contribution is 6.30. The molecule has 1 aromatic carbocycles. The lowest BCUT2D eigenvalue weighted by molar-refractivity contribution is -0.384. The van der Waals surface area contributed by atoms with Gasteiger partial charge in [-0.1, -0.05) is 12.1 Å². The van der Waals surface area contributed by atoms with Crippen molar-refractivity contribution >= 4 is 23.1 Å². The van der Waals surface area contributed by atoms with Gasteiger partial charge in [0.2, 0.25) is 0 Å². The van der Waals surface area contributed by atoms with Crippen LogP contribution in [0.15, 0.2) is 37.4 Å². The third kappa shape index (κ3) is 3.91. The molecule has 5 heteroatoms. The van der Waals surface area contributed by atoms with Gasteiger partial charge in [0.25, 0.3) is 5.69 Å². The molecule has 0 radical (unpaired) electrons. The summed E-state index contributed by atoms with van der Waals surface area (Å²) in [5, 5.41) is 10.3. The van der Waals surface area contributed by atoms with E-state index in [1.165, 1.54) is 24.3 Å². The first kappa shape index (κ1) is 13.3. The monoisotopic (exact) mass is 227 g/mol. The molecule has 4 nitrogen and oxygen atoms in total. The van der Waals surface area contributed by atoms with Gasteiger partial charge in [-0.25, -0.2) is 0 Å². The molecule has 0 aliphatic rings. The lowest BCUT2D eigenvalue weighted by atomic mass is 10.1. The number of nitro benzene ring substituents is 1. The molecule has 0 heterocycles. The zero-order chi connectivity index (χ0) is 11.8. The van der Waals surface area contributed by atoms with Crippen LogP contribution in [0.4, 0.5) is 5.69 Å². The largest absolute Gasteiger partial charge is 0.293 e. The maximum Gasteiger partial charge on any atom is 0.270 e. The van der Waals surface area contributed by atoms with Gasteiger partial charge < -0.3 is 0 Å². The Bertz CT molecular complexity index is 365. The third-order valence-electron chi connectivity index (χ3n) is 1.50. The van der Waals surface area contributed by atoms with Crippen molar-refractivity contribution in [1.82, 2.24) is 0 Å². The highest BCUT2D eigenvalue weighted by Gasteiger charge is 2.09. The van der Waals surface area contributed by atoms with E-state index in [0.29, 0.717) is 0 Å². The molecule has 0 fully saturated rings. The van der Waals surface area contributed by atoms with E-state index in [-0.39, 0.29) is 22.9 Å². The van der Waals surface area contributed by atoms with Crippen molar-refractivity contribution < 1.29 is 9.72 Å². The molecule has 0 N–H and O–H groups in total. The third-order valence-corrected chi connectivity index (χ3v) is 1.74. The standard InChI is InChI=1S/C8H6ClNO3.C2H4/c9-5-8(11)6-2-1-3-7(4-6)10(12)13;1-2/h1-4H,5H2;1-2H2. The fourth-order valence-electron chi connectivity index (χ4n) is 0.870. The van der Waals surface area contributed by atoms with Crippen molar-refractivity contribution in [3.05, 3.63) is 53.1 Å². The molecule has 80 valence electrons. The summed E-state index contributed by atoms with van der Waals surface area (Å²) >= 11 is 5.30. The van der Waals surface area contributed by atoms with E-state index in [1.807, 2.05) is 0 Å². The summed E-state index contributed by atoms with van der Waals surface area (Å²) in [5.41, 5.74) is 0.167. The summed E-state index contributed by atoms with van der Waals surface area (Å²) in [6.07, 6.45) is 0. The van der Waals surface area contributed by atoms with E-state index >= 15 is 0 Å². The predicted molar refractivity (Wildman–Crippen MR) is 59.4 cm³/mol. The van der Waals surface area contributed by atoms with Crippen molar-refractivity contribution in [2.45, 2.75) is 0 Å². The Hall–Kier alpha value is -1.68. The summed E-state index contributed by atoms with van der Waals surface area (Å²) in [6, 6.07) is 5.49. The minimum atomic E-state index is -0.551. The molecule has 0 atom stereocenters. The fourth-order valence-corrected chi connectivity index (χ4v) is 1.02. The Morgan fingerprint density at radius 3 is 2.53 bits per heavy atom. The van der Waals surface area contributed by atoms with Crippen LogP contribution in [0, 0.1) is 10.1 Å². The molecule has 0 saturated carbocycles. The topological polar surface area (TPSA) is 60.2 Å². The zero-order valence-electron chi connectivity index (χ0n) is 7.98. The second-order valence-corrected chi connectivity index (χ2v) is 2.63. The zero-order valence-corrected chi connectivity index (χ0v) is 8.74. The first-order valence-electron chi connectivity index (χ1n) is 3.99. The number of hydrogen-bond donors (Lipinski definition) is 0. The lowest BCUT2D eigenvalue weighted by Gasteiger charge is -1.95. The van der Waals surface area contributed by atoms with Gasteiger partial charge in [0.15, 0.2) is 5.78 Å².